The van der Waals surface area contributed by atoms with Crippen LogP contribution >= 0.6 is 0 Å². The molecule has 5 nitrogen and oxygen atoms in total. The maximum Gasteiger partial charge on any atom is 0.419 e. The second kappa shape index (κ2) is 4.91. The van der Waals surface area contributed by atoms with Gasteiger partial charge in [0.05, 0.1) is 11.9 Å². The lowest BCUT2D eigenvalue weighted by Crippen LogP contribution is -2.12. The van der Waals surface area contributed by atoms with Crippen LogP contribution in [-0.4, -0.2) is 15.6 Å². The number of carbonyl (C=O) groups is 1. The van der Waals surface area contributed by atoms with Crippen molar-refractivity contribution >= 4 is 17.1 Å². The lowest BCUT2D eigenvalue weighted by Gasteiger charge is -2.19. The van der Waals surface area contributed by atoms with E-state index in [1.807, 2.05) is 19.9 Å². The van der Waals surface area contributed by atoms with Crippen molar-refractivity contribution in [3.8, 4) is 0 Å². The third-order valence-electron chi connectivity index (χ3n) is 3.44. The maximum absolute atomic E-state index is 11.4. The summed E-state index contributed by atoms with van der Waals surface area (Å²) < 4.78 is 6.57. The average molecular weight is 263 g/mol. The van der Waals surface area contributed by atoms with Gasteiger partial charge in [-0.25, -0.2) is 4.79 Å². The van der Waals surface area contributed by atoms with E-state index < -0.39 is 11.7 Å². The Labute approximate surface area is 110 Å². The Bertz CT molecular complexity index is 666. The van der Waals surface area contributed by atoms with Gasteiger partial charge in [-0.1, -0.05) is 19.9 Å². The molecule has 0 fully saturated rings. The van der Waals surface area contributed by atoms with Crippen LogP contribution in [0.5, 0.6) is 0 Å². The molecule has 0 radical (unpaired) electrons. The van der Waals surface area contributed by atoms with Crippen LogP contribution < -0.4 is 5.76 Å². The molecule has 5 heteroatoms. The molecule has 1 atom stereocenters. The number of fused-ring (bicyclic) bond motifs is 1. The summed E-state index contributed by atoms with van der Waals surface area (Å²) in [6.07, 6.45) is 0.0697. The predicted octanol–water partition coefficient (Wildman–Crippen LogP) is 2.35. The molecular weight excluding hydrogens is 246 g/mol. The van der Waals surface area contributed by atoms with Gasteiger partial charge in [-0.05, 0) is 29.5 Å². The number of carboxylic acids is 1. The molecule has 0 saturated carbocycles. The van der Waals surface area contributed by atoms with E-state index in [9.17, 15) is 9.59 Å². The first-order valence-corrected chi connectivity index (χ1v) is 6.21. The van der Waals surface area contributed by atoms with Gasteiger partial charge in [-0.3, -0.25) is 9.36 Å². The summed E-state index contributed by atoms with van der Waals surface area (Å²) in [5.74, 6) is -1.13. The Morgan fingerprint density at radius 3 is 2.68 bits per heavy atom. The van der Waals surface area contributed by atoms with E-state index in [1.165, 1.54) is 4.57 Å². The fourth-order valence-corrected chi connectivity index (χ4v) is 2.31. The highest BCUT2D eigenvalue weighted by atomic mass is 16.4. The second-order valence-electron chi connectivity index (χ2n) is 5.10. The van der Waals surface area contributed by atoms with Crippen LogP contribution in [0.25, 0.3) is 11.1 Å². The number of benzene rings is 1. The quantitative estimate of drug-likeness (QED) is 0.919. The summed E-state index contributed by atoms with van der Waals surface area (Å²) in [5, 5.41) is 8.98. The topological polar surface area (TPSA) is 72.4 Å². The first-order valence-electron chi connectivity index (χ1n) is 6.21. The summed E-state index contributed by atoms with van der Waals surface area (Å²) in [4.78, 5) is 22.4. The van der Waals surface area contributed by atoms with Gasteiger partial charge >= 0.3 is 11.7 Å². The van der Waals surface area contributed by atoms with E-state index in [0.29, 0.717) is 11.1 Å². The van der Waals surface area contributed by atoms with E-state index in [1.54, 1.807) is 19.2 Å². The van der Waals surface area contributed by atoms with Crippen molar-refractivity contribution in [3.05, 3.63) is 34.3 Å². The lowest BCUT2D eigenvalue weighted by molar-refractivity contribution is -0.137. The van der Waals surface area contributed by atoms with Crippen molar-refractivity contribution in [1.29, 1.82) is 0 Å². The molecule has 0 bridgehead atoms. The van der Waals surface area contributed by atoms with Gasteiger partial charge in [0.2, 0.25) is 0 Å². The number of hydrogen-bond acceptors (Lipinski definition) is 3. The number of oxazole rings is 1. The number of aryl methyl sites for hydroxylation is 1. The van der Waals surface area contributed by atoms with Crippen LogP contribution in [-0.2, 0) is 11.8 Å². The molecule has 0 saturated heterocycles. The van der Waals surface area contributed by atoms with Crippen LogP contribution in [0.15, 0.2) is 27.4 Å². The molecule has 1 heterocycles. The SMILES string of the molecule is CC(C)C(CC(=O)O)c1ccc2c(c1)oc(=O)n2C. The highest BCUT2D eigenvalue weighted by Gasteiger charge is 2.20. The van der Waals surface area contributed by atoms with Crippen LogP contribution in [0.1, 0.15) is 31.7 Å². The lowest BCUT2D eigenvalue weighted by atomic mass is 9.86. The van der Waals surface area contributed by atoms with Crippen molar-refractivity contribution in [2.45, 2.75) is 26.2 Å². The zero-order chi connectivity index (χ0) is 14.2. The molecule has 1 aromatic heterocycles. The molecule has 19 heavy (non-hydrogen) atoms. The van der Waals surface area contributed by atoms with Gasteiger partial charge in [-0.2, -0.15) is 0 Å². The first-order chi connectivity index (χ1) is 8.90. The Morgan fingerprint density at radius 1 is 1.42 bits per heavy atom. The van der Waals surface area contributed by atoms with E-state index in [-0.39, 0.29) is 18.3 Å². The molecule has 1 N–H and O–H groups in total. The van der Waals surface area contributed by atoms with Gasteiger partial charge < -0.3 is 9.52 Å². The molecule has 2 aromatic rings. The van der Waals surface area contributed by atoms with Gasteiger partial charge in [-0.15, -0.1) is 0 Å². The highest BCUT2D eigenvalue weighted by molar-refractivity contribution is 5.74. The second-order valence-corrected chi connectivity index (χ2v) is 5.10. The summed E-state index contributed by atoms with van der Waals surface area (Å²) in [6, 6.07) is 5.43. The number of aliphatic carboxylic acids is 1. The van der Waals surface area contributed by atoms with Crippen molar-refractivity contribution in [3.63, 3.8) is 0 Å². The van der Waals surface area contributed by atoms with E-state index in [0.717, 1.165) is 5.56 Å². The molecule has 1 aromatic carbocycles. The fourth-order valence-electron chi connectivity index (χ4n) is 2.31. The number of aromatic nitrogens is 1. The summed E-state index contributed by atoms with van der Waals surface area (Å²) in [5.41, 5.74) is 2.10. The predicted molar refractivity (Wildman–Crippen MR) is 71.3 cm³/mol. The monoisotopic (exact) mass is 263 g/mol. The van der Waals surface area contributed by atoms with Gasteiger partial charge in [0.25, 0.3) is 0 Å². The van der Waals surface area contributed by atoms with Crippen molar-refractivity contribution in [1.82, 2.24) is 4.57 Å². The number of carboxylic acid groups (broad SMARTS) is 1. The van der Waals surface area contributed by atoms with Crippen LogP contribution in [0.2, 0.25) is 0 Å². The minimum Gasteiger partial charge on any atom is -0.481 e. The van der Waals surface area contributed by atoms with Gasteiger partial charge in [0, 0.05) is 7.05 Å². The third kappa shape index (κ3) is 2.54. The van der Waals surface area contributed by atoms with E-state index in [4.69, 9.17) is 9.52 Å². The molecule has 0 spiro atoms. The largest absolute Gasteiger partial charge is 0.481 e. The molecule has 102 valence electrons. The smallest absolute Gasteiger partial charge is 0.419 e. The normalized spacial score (nSPS) is 13.1. The number of nitrogens with zero attached hydrogens (tertiary/aromatic N) is 1. The Morgan fingerprint density at radius 2 is 2.11 bits per heavy atom. The zero-order valence-electron chi connectivity index (χ0n) is 11.2. The Hall–Kier alpha value is -2.04. The zero-order valence-corrected chi connectivity index (χ0v) is 11.2. The first kappa shape index (κ1) is 13.4. The molecule has 1 unspecified atom stereocenters. The Balaban J connectivity index is 2.49. The third-order valence-corrected chi connectivity index (χ3v) is 3.44. The number of rotatable bonds is 4. The maximum atomic E-state index is 11.4. The minimum absolute atomic E-state index is 0.0697. The van der Waals surface area contributed by atoms with E-state index >= 15 is 0 Å². The van der Waals surface area contributed by atoms with Crippen molar-refractivity contribution < 1.29 is 14.3 Å². The van der Waals surface area contributed by atoms with Crippen LogP contribution in [0.3, 0.4) is 0 Å². The van der Waals surface area contributed by atoms with E-state index in [2.05, 4.69) is 0 Å². The molecule has 0 aliphatic heterocycles. The molecule has 0 aliphatic carbocycles. The highest BCUT2D eigenvalue weighted by Crippen LogP contribution is 2.29. The van der Waals surface area contributed by atoms with Gasteiger partial charge in [0.1, 0.15) is 0 Å². The Kier molecular flexibility index (Phi) is 3.46. The summed E-state index contributed by atoms with van der Waals surface area (Å²) in [7, 11) is 1.64. The minimum atomic E-state index is -0.826. The fraction of sp³-hybridized carbons (Fsp3) is 0.429. The molecule has 0 amide bonds. The van der Waals surface area contributed by atoms with Crippen LogP contribution in [0, 0.1) is 5.92 Å². The average Bonchev–Trinajstić information content (AvgIpc) is 2.61. The standard InChI is InChI=1S/C14H17NO4/c1-8(2)10(7-13(16)17)9-4-5-11-12(6-9)19-14(18)15(11)3/h4-6,8,10H,7H2,1-3H3,(H,16,17). The van der Waals surface area contributed by atoms with Crippen molar-refractivity contribution in [2.75, 3.05) is 0 Å². The van der Waals surface area contributed by atoms with Gasteiger partial charge in [0.15, 0.2) is 5.58 Å². The molecule has 2 rings (SSSR count). The van der Waals surface area contributed by atoms with Crippen LogP contribution in [0.4, 0.5) is 0 Å². The summed E-state index contributed by atoms with van der Waals surface area (Å²) >= 11 is 0. The summed E-state index contributed by atoms with van der Waals surface area (Å²) in [6.45, 7) is 3.97. The molecule has 0 aliphatic rings. The van der Waals surface area contributed by atoms with Crippen molar-refractivity contribution in [2.24, 2.45) is 13.0 Å². The molecular formula is C14H17NO4. The number of hydrogen-bond donors (Lipinski definition) is 1.